The Balaban J connectivity index is 1.59. The summed E-state index contributed by atoms with van der Waals surface area (Å²) in [6.07, 6.45) is 15.4. The number of nitrogens with two attached hydrogens (primary N) is 2. The number of carbonyl (C=O) groups is 2. The van der Waals surface area contributed by atoms with Crippen molar-refractivity contribution in [2.75, 3.05) is 0 Å². The van der Waals surface area contributed by atoms with Crippen molar-refractivity contribution < 1.29 is 18.7 Å². The summed E-state index contributed by atoms with van der Waals surface area (Å²) in [6.45, 7) is 0.352. The second-order valence-electron chi connectivity index (χ2n) is 6.87. The monoisotopic (exact) mass is 400 g/mol. The maximum atomic E-state index is 10.9. The van der Waals surface area contributed by atoms with E-state index in [-0.39, 0.29) is 24.9 Å². The van der Waals surface area contributed by atoms with Gasteiger partial charge in [-0.05, 0) is 22.3 Å². The van der Waals surface area contributed by atoms with E-state index < -0.39 is 0 Å². The molecule has 2 aromatic heterocycles. The van der Waals surface area contributed by atoms with E-state index in [1.54, 1.807) is 9.13 Å². The number of aromatic nitrogens is 2. The second kappa shape index (κ2) is 9.93. The largest absolute Gasteiger partial charge is 0.364 e. The quantitative estimate of drug-likeness (QED) is 0.562. The second-order valence-corrected chi connectivity index (χ2v) is 6.87. The molecule has 1 aromatic carbocycles. The van der Waals surface area contributed by atoms with E-state index in [0.717, 1.165) is 22.3 Å². The van der Waals surface area contributed by atoms with Gasteiger partial charge in [0.1, 0.15) is 0 Å². The number of hydrogen-bond acceptors (Lipinski definition) is 2. The lowest BCUT2D eigenvalue weighted by Gasteiger charge is -1.98. The Bertz CT molecular complexity index is 979. The Kier molecular flexibility index (Phi) is 6.84. The van der Waals surface area contributed by atoms with Gasteiger partial charge in [0.15, 0.2) is 24.8 Å². The number of pyridine rings is 2. The number of hydrogen-bond donors (Lipinski definition) is 2. The van der Waals surface area contributed by atoms with Crippen molar-refractivity contribution in [2.24, 2.45) is 11.5 Å². The summed E-state index contributed by atoms with van der Waals surface area (Å²) in [5.74, 6) is -0.729. The fourth-order valence-corrected chi connectivity index (χ4v) is 2.83. The Morgan fingerprint density at radius 1 is 0.567 bits per heavy atom. The van der Waals surface area contributed by atoms with Crippen molar-refractivity contribution in [3.8, 4) is 0 Å². The summed E-state index contributed by atoms with van der Waals surface area (Å²) in [7, 11) is 0. The summed E-state index contributed by atoms with van der Waals surface area (Å²) in [5, 5.41) is 0. The molecule has 2 heterocycles. The molecule has 3 rings (SSSR count). The van der Waals surface area contributed by atoms with Crippen LogP contribution in [-0.4, -0.2) is 11.8 Å². The predicted molar refractivity (Wildman–Crippen MR) is 116 cm³/mol. The van der Waals surface area contributed by atoms with Crippen LogP contribution >= 0.6 is 0 Å². The van der Waals surface area contributed by atoms with Gasteiger partial charge in [-0.3, -0.25) is 9.59 Å². The minimum atomic E-state index is -0.364. The van der Waals surface area contributed by atoms with Crippen molar-refractivity contribution >= 4 is 36.1 Å². The molecule has 0 radical (unpaired) electrons. The Morgan fingerprint density at radius 2 is 0.833 bits per heavy atom. The fourth-order valence-electron chi connectivity index (χ4n) is 2.83. The Hall–Kier alpha value is -4.06. The summed E-state index contributed by atoms with van der Waals surface area (Å²) in [5.41, 5.74) is 14.6. The molecule has 4 N–H and O–H groups in total. The first-order valence-electron chi connectivity index (χ1n) is 9.49. The van der Waals surface area contributed by atoms with E-state index in [2.05, 4.69) is 24.3 Å². The maximum Gasteiger partial charge on any atom is 0.283 e. The molecule has 6 heteroatoms. The van der Waals surface area contributed by atoms with E-state index in [1.807, 2.05) is 73.4 Å². The van der Waals surface area contributed by atoms with E-state index in [9.17, 15) is 9.59 Å². The van der Waals surface area contributed by atoms with Crippen LogP contribution in [0.4, 0.5) is 0 Å². The van der Waals surface area contributed by atoms with Gasteiger partial charge in [0, 0.05) is 24.3 Å². The van der Waals surface area contributed by atoms with Crippen LogP contribution in [0.1, 0.15) is 22.3 Å². The third-order valence-corrected chi connectivity index (χ3v) is 4.38. The first-order chi connectivity index (χ1) is 14.5. The molecule has 30 heavy (non-hydrogen) atoms. The first kappa shape index (κ1) is 20.7. The minimum absolute atomic E-state index is 0.176. The van der Waals surface area contributed by atoms with Gasteiger partial charge in [0.2, 0.25) is 13.1 Å². The molecule has 0 atom stereocenters. The first-order valence-corrected chi connectivity index (χ1v) is 9.49. The zero-order valence-electron chi connectivity index (χ0n) is 16.5. The normalized spacial score (nSPS) is 11.2. The molecular weight excluding hydrogens is 376 g/mol. The van der Waals surface area contributed by atoms with E-state index in [0.29, 0.717) is 0 Å². The molecule has 2 amide bonds. The molecule has 0 unspecified atom stereocenters. The molecule has 0 saturated carbocycles. The van der Waals surface area contributed by atoms with Gasteiger partial charge in [-0.15, -0.1) is 0 Å². The SMILES string of the molecule is NC(=O)C[n+]1ccc(/C=C/c2ccc(/C=C/c3cc[n+](CC(N)=O)cc3)cc2)cc1. The van der Waals surface area contributed by atoms with Crippen molar-refractivity contribution in [2.45, 2.75) is 13.1 Å². The van der Waals surface area contributed by atoms with Crippen LogP contribution in [0.3, 0.4) is 0 Å². The smallest absolute Gasteiger partial charge is 0.283 e. The molecule has 0 aliphatic heterocycles. The van der Waals surface area contributed by atoms with Crippen molar-refractivity contribution in [1.29, 1.82) is 0 Å². The topological polar surface area (TPSA) is 93.9 Å². The molecule has 0 spiro atoms. The summed E-state index contributed by atoms with van der Waals surface area (Å²) in [4.78, 5) is 21.9. The van der Waals surface area contributed by atoms with Crippen molar-refractivity contribution in [3.05, 3.63) is 95.6 Å². The molecule has 3 aromatic rings. The highest BCUT2D eigenvalue weighted by Crippen LogP contribution is 2.12. The van der Waals surface area contributed by atoms with Gasteiger partial charge in [-0.1, -0.05) is 48.6 Å². The molecule has 0 fully saturated rings. The van der Waals surface area contributed by atoms with Gasteiger partial charge in [0.05, 0.1) is 0 Å². The van der Waals surface area contributed by atoms with E-state index >= 15 is 0 Å². The zero-order valence-corrected chi connectivity index (χ0v) is 16.5. The van der Waals surface area contributed by atoms with Crippen LogP contribution in [0.2, 0.25) is 0 Å². The Morgan fingerprint density at radius 3 is 1.10 bits per heavy atom. The van der Waals surface area contributed by atoms with Gasteiger partial charge in [0.25, 0.3) is 11.8 Å². The Labute approximate surface area is 175 Å². The molecule has 0 aliphatic carbocycles. The van der Waals surface area contributed by atoms with Gasteiger partial charge in [-0.2, -0.15) is 9.13 Å². The maximum absolute atomic E-state index is 10.9. The molecule has 0 aliphatic rings. The van der Waals surface area contributed by atoms with Crippen molar-refractivity contribution in [3.63, 3.8) is 0 Å². The average molecular weight is 400 g/mol. The van der Waals surface area contributed by atoms with Crippen LogP contribution in [-0.2, 0) is 22.7 Å². The van der Waals surface area contributed by atoms with Crippen LogP contribution in [0.15, 0.2) is 73.3 Å². The lowest BCUT2D eigenvalue weighted by molar-refractivity contribution is -0.684. The number of amides is 2. The lowest BCUT2D eigenvalue weighted by atomic mass is 10.1. The average Bonchev–Trinajstić information content (AvgIpc) is 2.73. The molecule has 0 saturated heterocycles. The van der Waals surface area contributed by atoms with Gasteiger partial charge < -0.3 is 11.5 Å². The number of benzene rings is 1. The minimum Gasteiger partial charge on any atom is -0.364 e. The highest BCUT2D eigenvalue weighted by molar-refractivity contribution is 5.73. The standard InChI is InChI=1S/C24H22N4O2/c25-23(29)17-27-13-9-21(10-14-27)7-5-19-1-2-20(4-3-19)6-8-22-11-15-28(16-12-22)18-24(26)30/h1-16H,17-18H2,(H2-2,25,26,29,30)/p+2/b7-5+,8-6+. The van der Waals surface area contributed by atoms with Crippen LogP contribution < -0.4 is 20.6 Å². The number of primary amides is 2. The number of nitrogens with zero attached hydrogens (tertiary/aromatic N) is 2. The summed E-state index contributed by atoms with van der Waals surface area (Å²) < 4.78 is 3.48. The third-order valence-electron chi connectivity index (χ3n) is 4.38. The highest BCUT2D eigenvalue weighted by atomic mass is 16.1. The summed E-state index contributed by atoms with van der Waals surface area (Å²) >= 11 is 0. The molecule has 150 valence electrons. The van der Waals surface area contributed by atoms with Crippen LogP contribution in [0.5, 0.6) is 0 Å². The number of rotatable bonds is 8. The van der Waals surface area contributed by atoms with Crippen LogP contribution in [0, 0.1) is 0 Å². The molecule has 0 bridgehead atoms. The molecular formula is C24H24N4O2+2. The third kappa shape index (κ3) is 6.53. The number of carbonyl (C=O) groups excluding carboxylic acids is 2. The zero-order chi connectivity index (χ0) is 21.3. The van der Waals surface area contributed by atoms with Gasteiger partial charge >= 0.3 is 0 Å². The highest BCUT2D eigenvalue weighted by Gasteiger charge is 2.04. The van der Waals surface area contributed by atoms with E-state index in [1.165, 1.54) is 0 Å². The van der Waals surface area contributed by atoms with Gasteiger partial charge in [-0.25, -0.2) is 0 Å². The summed E-state index contributed by atoms with van der Waals surface area (Å²) in [6, 6.07) is 16.0. The van der Waals surface area contributed by atoms with Crippen molar-refractivity contribution in [1.82, 2.24) is 0 Å². The van der Waals surface area contributed by atoms with E-state index in [4.69, 9.17) is 11.5 Å². The lowest BCUT2D eigenvalue weighted by Crippen LogP contribution is -2.39. The fraction of sp³-hybridized carbons (Fsp3) is 0.0833. The molecule has 6 nitrogen and oxygen atoms in total. The van der Waals surface area contributed by atoms with Crippen LogP contribution in [0.25, 0.3) is 24.3 Å². The predicted octanol–water partition coefficient (Wildman–Crippen LogP) is 1.57.